The number of aryl methyl sites for hydroxylation is 1. The van der Waals surface area contributed by atoms with Gasteiger partial charge in [-0.25, -0.2) is 0 Å². The Kier molecular flexibility index (Phi) is 6.79. The lowest BCUT2D eigenvalue weighted by Gasteiger charge is -2.36. The van der Waals surface area contributed by atoms with E-state index >= 15 is 0 Å². The van der Waals surface area contributed by atoms with Crippen LogP contribution < -0.4 is 5.32 Å². The Morgan fingerprint density at radius 1 is 1.38 bits per heavy atom. The molecule has 2 N–H and O–H groups in total. The summed E-state index contributed by atoms with van der Waals surface area (Å²) in [4.78, 5) is 25.4. The predicted octanol–water partition coefficient (Wildman–Crippen LogP) is 2.58. The van der Waals surface area contributed by atoms with E-state index < -0.39 is 5.97 Å². The van der Waals surface area contributed by atoms with Crippen LogP contribution in [0, 0.1) is 12.8 Å². The number of rotatable bonds is 7. The molecule has 0 radical (unpaired) electrons. The average molecular weight is 332 g/mol. The number of carbonyl (C=O) groups is 2. The molecular formula is C19H28N2O3. The Morgan fingerprint density at radius 3 is 2.83 bits per heavy atom. The highest BCUT2D eigenvalue weighted by molar-refractivity contribution is 5.81. The molecule has 5 nitrogen and oxygen atoms in total. The van der Waals surface area contributed by atoms with Gasteiger partial charge in [0.2, 0.25) is 5.91 Å². The summed E-state index contributed by atoms with van der Waals surface area (Å²) in [6.45, 7) is 6.25. The molecule has 2 unspecified atom stereocenters. The molecule has 1 aromatic carbocycles. The first-order valence-electron chi connectivity index (χ1n) is 8.75. The zero-order valence-electron chi connectivity index (χ0n) is 14.6. The fourth-order valence-corrected chi connectivity index (χ4v) is 3.32. The van der Waals surface area contributed by atoms with E-state index in [1.54, 1.807) is 0 Å². The molecule has 132 valence electrons. The van der Waals surface area contributed by atoms with Gasteiger partial charge in [-0.3, -0.25) is 14.5 Å². The highest BCUT2D eigenvalue weighted by Crippen LogP contribution is 2.22. The Hall–Kier alpha value is -1.88. The van der Waals surface area contributed by atoms with Gasteiger partial charge in [-0.05, 0) is 56.7 Å². The Bertz CT molecular complexity index is 573. The summed E-state index contributed by atoms with van der Waals surface area (Å²) in [6.07, 6.45) is 3.00. The van der Waals surface area contributed by atoms with Crippen LogP contribution in [0.3, 0.4) is 0 Å². The van der Waals surface area contributed by atoms with Crippen molar-refractivity contribution in [1.82, 2.24) is 10.2 Å². The van der Waals surface area contributed by atoms with Gasteiger partial charge in [-0.15, -0.1) is 0 Å². The third kappa shape index (κ3) is 5.34. The third-order valence-electron chi connectivity index (χ3n) is 4.96. The van der Waals surface area contributed by atoms with Crippen molar-refractivity contribution >= 4 is 11.9 Å². The molecule has 1 heterocycles. The third-order valence-corrected chi connectivity index (χ3v) is 4.96. The lowest BCUT2D eigenvalue weighted by atomic mass is 9.92. The van der Waals surface area contributed by atoms with Gasteiger partial charge in [0.1, 0.15) is 0 Å². The average Bonchev–Trinajstić information content (AvgIpc) is 2.58. The van der Waals surface area contributed by atoms with Gasteiger partial charge in [0.05, 0.1) is 6.04 Å². The number of nitrogens with one attached hydrogen (secondary N) is 1. The standard InChI is InChI=1S/C19H28N2O3/c1-14-6-3-4-8-17(14)12-20-19(24)15(2)21-11-5-7-16(13-21)9-10-18(22)23/h3-4,6,8,15-16H,5,7,9-13H2,1-2H3,(H,20,24)(H,22,23). The highest BCUT2D eigenvalue weighted by atomic mass is 16.4. The lowest BCUT2D eigenvalue weighted by Crippen LogP contribution is -2.49. The van der Waals surface area contributed by atoms with E-state index in [1.807, 2.05) is 38.1 Å². The van der Waals surface area contributed by atoms with E-state index in [1.165, 1.54) is 5.56 Å². The van der Waals surface area contributed by atoms with Crippen molar-refractivity contribution in [3.05, 3.63) is 35.4 Å². The van der Waals surface area contributed by atoms with Gasteiger partial charge in [-0.1, -0.05) is 24.3 Å². The van der Waals surface area contributed by atoms with Crippen LogP contribution in [0.15, 0.2) is 24.3 Å². The second-order valence-electron chi connectivity index (χ2n) is 6.76. The van der Waals surface area contributed by atoms with Crippen LogP contribution in [0.5, 0.6) is 0 Å². The van der Waals surface area contributed by atoms with Crippen molar-refractivity contribution in [1.29, 1.82) is 0 Å². The maximum atomic E-state index is 12.5. The summed E-state index contributed by atoms with van der Waals surface area (Å²) < 4.78 is 0. The minimum atomic E-state index is -0.740. The SMILES string of the molecule is Cc1ccccc1CNC(=O)C(C)N1CCCC(CCC(=O)O)C1. The molecule has 2 atom stereocenters. The highest BCUT2D eigenvalue weighted by Gasteiger charge is 2.27. The van der Waals surface area contributed by atoms with Gasteiger partial charge in [0.25, 0.3) is 0 Å². The van der Waals surface area contributed by atoms with E-state index in [0.29, 0.717) is 18.9 Å². The molecule has 0 spiro atoms. The molecule has 0 bridgehead atoms. The van der Waals surface area contributed by atoms with Crippen LogP contribution in [0.2, 0.25) is 0 Å². The fourth-order valence-electron chi connectivity index (χ4n) is 3.32. The van der Waals surface area contributed by atoms with E-state index in [0.717, 1.165) is 31.5 Å². The Balaban J connectivity index is 1.83. The number of hydrogen-bond acceptors (Lipinski definition) is 3. The summed E-state index contributed by atoms with van der Waals surface area (Å²) in [5, 5.41) is 11.9. The number of aliphatic carboxylic acids is 1. The minimum absolute atomic E-state index is 0.0390. The molecule has 1 fully saturated rings. The summed E-state index contributed by atoms with van der Waals surface area (Å²) >= 11 is 0. The van der Waals surface area contributed by atoms with Crippen LogP contribution in [-0.2, 0) is 16.1 Å². The number of piperidine rings is 1. The number of carboxylic acid groups (broad SMARTS) is 1. The molecule has 5 heteroatoms. The van der Waals surface area contributed by atoms with Crippen LogP contribution in [0.1, 0.15) is 43.7 Å². The zero-order chi connectivity index (χ0) is 17.5. The lowest BCUT2D eigenvalue weighted by molar-refractivity contribution is -0.137. The van der Waals surface area contributed by atoms with E-state index in [-0.39, 0.29) is 18.4 Å². The molecule has 0 aromatic heterocycles. The molecule has 1 amide bonds. The minimum Gasteiger partial charge on any atom is -0.481 e. The topological polar surface area (TPSA) is 69.6 Å². The summed E-state index contributed by atoms with van der Waals surface area (Å²) in [7, 11) is 0. The van der Waals surface area contributed by atoms with Crippen molar-refractivity contribution in [3.63, 3.8) is 0 Å². The van der Waals surface area contributed by atoms with Crippen molar-refractivity contribution < 1.29 is 14.7 Å². The number of carboxylic acids is 1. The first-order valence-corrected chi connectivity index (χ1v) is 8.75. The van der Waals surface area contributed by atoms with Gasteiger partial charge in [-0.2, -0.15) is 0 Å². The normalized spacial score (nSPS) is 19.7. The quantitative estimate of drug-likeness (QED) is 0.805. The first-order chi connectivity index (χ1) is 11.5. The van der Waals surface area contributed by atoms with E-state index in [9.17, 15) is 9.59 Å². The molecule has 24 heavy (non-hydrogen) atoms. The number of likely N-dealkylation sites (tertiary alicyclic amines) is 1. The smallest absolute Gasteiger partial charge is 0.303 e. The van der Waals surface area contributed by atoms with Crippen molar-refractivity contribution in [3.8, 4) is 0 Å². The second kappa shape index (κ2) is 8.83. The molecule has 1 aromatic rings. The number of benzene rings is 1. The maximum Gasteiger partial charge on any atom is 0.303 e. The number of amides is 1. The van der Waals surface area contributed by atoms with Crippen molar-refractivity contribution in [2.75, 3.05) is 13.1 Å². The molecule has 1 aliphatic rings. The molecule has 0 aliphatic carbocycles. The zero-order valence-corrected chi connectivity index (χ0v) is 14.6. The van der Waals surface area contributed by atoms with Gasteiger partial charge >= 0.3 is 5.97 Å². The van der Waals surface area contributed by atoms with Gasteiger partial charge in [0, 0.05) is 19.5 Å². The van der Waals surface area contributed by atoms with Gasteiger partial charge < -0.3 is 10.4 Å². The molecule has 0 saturated carbocycles. The van der Waals surface area contributed by atoms with Gasteiger partial charge in [0.15, 0.2) is 0 Å². The van der Waals surface area contributed by atoms with Crippen LogP contribution in [-0.4, -0.2) is 41.0 Å². The number of nitrogens with zero attached hydrogens (tertiary/aromatic N) is 1. The fraction of sp³-hybridized carbons (Fsp3) is 0.579. The van der Waals surface area contributed by atoms with Crippen molar-refractivity contribution in [2.45, 2.75) is 52.1 Å². The predicted molar refractivity (Wildman–Crippen MR) is 93.7 cm³/mol. The van der Waals surface area contributed by atoms with E-state index in [2.05, 4.69) is 10.2 Å². The Labute approximate surface area is 144 Å². The second-order valence-corrected chi connectivity index (χ2v) is 6.76. The summed E-state index contributed by atoms with van der Waals surface area (Å²) in [5.74, 6) is -0.324. The van der Waals surface area contributed by atoms with Crippen LogP contribution in [0.4, 0.5) is 0 Å². The monoisotopic (exact) mass is 332 g/mol. The van der Waals surface area contributed by atoms with E-state index in [4.69, 9.17) is 5.11 Å². The first kappa shape index (κ1) is 18.5. The maximum absolute atomic E-state index is 12.5. The molecule has 1 aliphatic heterocycles. The largest absolute Gasteiger partial charge is 0.481 e. The number of carbonyl (C=O) groups excluding carboxylic acids is 1. The number of hydrogen-bond donors (Lipinski definition) is 2. The summed E-state index contributed by atoms with van der Waals surface area (Å²) in [5.41, 5.74) is 2.31. The summed E-state index contributed by atoms with van der Waals surface area (Å²) in [6, 6.07) is 7.87. The molecular weight excluding hydrogens is 304 g/mol. The van der Waals surface area contributed by atoms with Crippen LogP contribution in [0.25, 0.3) is 0 Å². The molecule has 1 saturated heterocycles. The molecule has 2 rings (SSSR count). The Morgan fingerprint density at radius 2 is 2.12 bits per heavy atom. The van der Waals surface area contributed by atoms with Crippen molar-refractivity contribution in [2.24, 2.45) is 5.92 Å². The van der Waals surface area contributed by atoms with Crippen LogP contribution >= 0.6 is 0 Å².